The van der Waals surface area contributed by atoms with Crippen molar-refractivity contribution in [1.82, 2.24) is 14.7 Å². The molecule has 2 N–H and O–H groups in total. The second kappa shape index (κ2) is 6.70. The van der Waals surface area contributed by atoms with E-state index in [4.69, 9.17) is 22.1 Å². The molecule has 6 heteroatoms. The third-order valence-electron chi connectivity index (χ3n) is 3.21. The molecule has 0 fully saturated rings. The fraction of sp³-hybridized carbons (Fsp3) is 0.769. The van der Waals surface area contributed by atoms with Gasteiger partial charge in [0, 0.05) is 13.7 Å². The van der Waals surface area contributed by atoms with E-state index in [9.17, 15) is 0 Å². The number of likely N-dealkylation sites (N-methyl/N-ethyl adjacent to an activating group) is 1. The van der Waals surface area contributed by atoms with Crippen LogP contribution < -0.4 is 5.73 Å². The van der Waals surface area contributed by atoms with Crippen LogP contribution in [-0.2, 0) is 11.3 Å². The number of nitrogens with zero attached hydrogens (tertiary/aromatic N) is 3. The van der Waals surface area contributed by atoms with Gasteiger partial charge in [-0.1, -0.05) is 11.6 Å². The summed E-state index contributed by atoms with van der Waals surface area (Å²) in [4.78, 5) is 2.10. The van der Waals surface area contributed by atoms with Crippen LogP contribution in [0.25, 0.3) is 0 Å². The molecule has 0 amide bonds. The summed E-state index contributed by atoms with van der Waals surface area (Å²) in [7, 11) is 5.75. The molecule has 5 nitrogen and oxygen atoms in total. The molecule has 0 spiro atoms. The smallest absolute Gasteiger partial charge is 0.0834 e. The van der Waals surface area contributed by atoms with E-state index in [0.29, 0.717) is 11.4 Å². The molecule has 0 saturated heterocycles. The summed E-state index contributed by atoms with van der Waals surface area (Å²) in [6.45, 7) is 5.70. The first-order valence-corrected chi connectivity index (χ1v) is 6.81. The lowest BCUT2D eigenvalue weighted by Crippen LogP contribution is -2.31. The van der Waals surface area contributed by atoms with Crippen LogP contribution in [0.1, 0.15) is 32.0 Å². The normalized spacial score (nSPS) is 14.1. The Kier molecular flexibility index (Phi) is 5.80. The maximum atomic E-state index is 6.27. The van der Waals surface area contributed by atoms with Gasteiger partial charge in [0.05, 0.1) is 35.1 Å². The fourth-order valence-electron chi connectivity index (χ4n) is 1.92. The highest BCUT2D eigenvalue weighted by Crippen LogP contribution is 2.28. The molecule has 0 aliphatic rings. The fourth-order valence-corrected chi connectivity index (χ4v) is 2.20. The van der Waals surface area contributed by atoms with Crippen molar-refractivity contribution in [2.75, 3.05) is 27.7 Å². The van der Waals surface area contributed by atoms with Crippen LogP contribution in [-0.4, -0.2) is 48.0 Å². The van der Waals surface area contributed by atoms with E-state index >= 15 is 0 Å². The standard InChI is InChI=1S/C13H25ClN4O/c1-13(2,19-5)8-11(15)12-10(14)9-16-18(12)7-6-17(3)4/h9,11H,6-8,15H2,1-5H3. The predicted octanol–water partition coefficient (Wildman–Crippen LogP) is 1.91. The topological polar surface area (TPSA) is 56.3 Å². The molecule has 1 rings (SSSR count). The highest BCUT2D eigenvalue weighted by molar-refractivity contribution is 6.31. The van der Waals surface area contributed by atoms with Crippen LogP contribution in [0, 0.1) is 0 Å². The first-order valence-electron chi connectivity index (χ1n) is 6.43. The van der Waals surface area contributed by atoms with E-state index in [0.717, 1.165) is 18.8 Å². The van der Waals surface area contributed by atoms with Crippen LogP contribution in [0.4, 0.5) is 0 Å². The summed E-state index contributed by atoms with van der Waals surface area (Å²) in [5.74, 6) is 0. The molecular formula is C13H25ClN4O. The first kappa shape index (κ1) is 16.4. The third-order valence-corrected chi connectivity index (χ3v) is 3.50. The van der Waals surface area contributed by atoms with Crippen molar-refractivity contribution < 1.29 is 4.74 Å². The van der Waals surface area contributed by atoms with Gasteiger partial charge in [0.2, 0.25) is 0 Å². The quantitative estimate of drug-likeness (QED) is 0.833. The largest absolute Gasteiger partial charge is 0.379 e. The monoisotopic (exact) mass is 288 g/mol. The molecule has 1 heterocycles. The Morgan fingerprint density at radius 1 is 1.53 bits per heavy atom. The molecule has 1 unspecified atom stereocenters. The summed E-state index contributed by atoms with van der Waals surface area (Å²) in [6.07, 6.45) is 2.35. The highest BCUT2D eigenvalue weighted by atomic mass is 35.5. The number of methoxy groups -OCH3 is 1. The summed E-state index contributed by atoms with van der Waals surface area (Å²) < 4.78 is 7.31. The zero-order chi connectivity index (χ0) is 14.6. The molecule has 19 heavy (non-hydrogen) atoms. The Hall–Kier alpha value is -0.620. The molecule has 0 aliphatic carbocycles. The number of ether oxygens (including phenoxy) is 1. The van der Waals surface area contributed by atoms with Crippen molar-refractivity contribution in [3.8, 4) is 0 Å². The lowest BCUT2D eigenvalue weighted by molar-refractivity contribution is 0.00934. The van der Waals surface area contributed by atoms with Crippen LogP contribution in [0.5, 0.6) is 0 Å². The number of halogens is 1. The molecule has 110 valence electrons. The summed E-state index contributed by atoms with van der Waals surface area (Å²) >= 11 is 6.21. The average molecular weight is 289 g/mol. The molecule has 0 aromatic carbocycles. The third kappa shape index (κ3) is 4.76. The van der Waals surface area contributed by atoms with E-state index in [2.05, 4.69) is 10.00 Å². The minimum Gasteiger partial charge on any atom is -0.379 e. The maximum Gasteiger partial charge on any atom is 0.0834 e. The molecule has 0 aliphatic heterocycles. The molecule has 1 aromatic rings. The average Bonchev–Trinajstić information content (AvgIpc) is 2.67. The Bertz CT molecular complexity index is 403. The van der Waals surface area contributed by atoms with Gasteiger partial charge in [0.25, 0.3) is 0 Å². The lowest BCUT2D eigenvalue weighted by atomic mass is 9.97. The van der Waals surface area contributed by atoms with Gasteiger partial charge in [0.15, 0.2) is 0 Å². The van der Waals surface area contributed by atoms with Gasteiger partial charge in [-0.15, -0.1) is 0 Å². The van der Waals surface area contributed by atoms with Crippen molar-refractivity contribution in [3.63, 3.8) is 0 Å². The van der Waals surface area contributed by atoms with Crippen molar-refractivity contribution in [2.45, 2.75) is 38.5 Å². The van der Waals surface area contributed by atoms with Gasteiger partial charge >= 0.3 is 0 Å². The number of aromatic nitrogens is 2. The maximum absolute atomic E-state index is 6.27. The van der Waals surface area contributed by atoms with Gasteiger partial charge in [-0.3, -0.25) is 4.68 Å². The molecule has 1 aromatic heterocycles. The number of rotatable bonds is 7. The van der Waals surface area contributed by atoms with Gasteiger partial charge in [0.1, 0.15) is 0 Å². The van der Waals surface area contributed by atoms with E-state index in [1.807, 2.05) is 32.6 Å². The predicted molar refractivity (Wildman–Crippen MR) is 78.4 cm³/mol. The molecule has 0 bridgehead atoms. The van der Waals surface area contributed by atoms with Crippen LogP contribution in [0.3, 0.4) is 0 Å². The number of hydrogen-bond acceptors (Lipinski definition) is 4. The van der Waals surface area contributed by atoms with Gasteiger partial charge in [-0.05, 0) is 34.4 Å². The Morgan fingerprint density at radius 2 is 2.16 bits per heavy atom. The number of hydrogen-bond donors (Lipinski definition) is 1. The van der Waals surface area contributed by atoms with E-state index < -0.39 is 0 Å². The molecular weight excluding hydrogens is 264 g/mol. The Labute approximate surface area is 120 Å². The minimum absolute atomic E-state index is 0.188. The zero-order valence-electron chi connectivity index (χ0n) is 12.5. The van der Waals surface area contributed by atoms with E-state index in [1.165, 1.54) is 0 Å². The molecule has 0 saturated carbocycles. The first-order chi connectivity index (χ1) is 8.76. The van der Waals surface area contributed by atoms with Crippen molar-refractivity contribution in [1.29, 1.82) is 0 Å². The Morgan fingerprint density at radius 3 is 2.68 bits per heavy atom. The van der Waals surface area contributed by atoms with Crippen LogP contribution in [0.2, 0.25) is 5.02 Å². The minimum atomic E-state index is -0.278. The number of nitrogens with two attached hydrogens (primary N) is 1. The summed E-state index contributed by atoms with van der Waals surface area (Å²) in [5.41, 5.74) is 6.87. The molecule has 1 atom stereocenters. The lowest BCUT2D eigenvalue weighted by Gasteiger charge is -2.27. The van der Waals surface area contributed by atoms with Gasteiger partial charge < -0.3 is 15.4 Å². The summed E-state index contributed by atoms with van der Waals surface area (Å²) in [6, 6.07) is -0.188. The van der Waals surface area contributed by atoms with E-state index in [-0.39, 0.29) is 11.6 Å². The van der Waals surface area contributed by atoms with Crippen molar-refractivity contribution in [3.05, 3.63) is 16.9 Å². The van der Waals surface area contributed by atoms with Gasteiger partial charge in [-0.25, -0.2) is 0 Å². The van der Waals surface area contributed by atoms with Crippen LogP contribution in [0.15, 0.2) is 6.20 Å². The second-order valence-corrected chi connectivity index (χ2v) is 6.09. The SMILES string of the molecule is COC(C)(C)CC(N)c1c(Cl)cnn1CCN(C)C. The van der Waals surface area contributed by atoms with Gasteiger partial charge in [-0.2, -0.15) is 5.10 Å². The highest BCUT2D eigenvalue weighted by Gasteiger charge is 2.25. The molecule has 0 radical (unpaired) electrons. The van der Waals surface area contributed by atoms with Crippen molar-refractivity contribution >= 4 is 11.6 Å². The summed E-state index contributed by atoms with van der Waals surface area (Å²) in [5, 5.41) is 4.93. The van der Waals surface area contributed by atoms with Crippen LogP contribution >= 0.6 is 11.6 Å². The second-order valence-electron chi connectivity index (χ2n) is 5.68. The van der Waals surface area contributed by atoms with Crippen molar-refractivity contribution in [2.24, 2.45) is 5.73 Å². The Balaban J connectivity index is 2.83. The zero-order valence-corrected chi connectivity index (χ0v) is 13.2. The van der Waals surface area contributed by atoms with E-state index in [1.54, 1.807) is 13.3 Å².